The van der Waals surface area contributed by atoms with Crippen LogP contribution in [0.5, 0.6) is 0 Å². The zero-order valence-electron chi connectivity index (χ0n) is 10.2. The minimum Gasteiger partial charge on any atom is -0.478 e. The second-order valence-corrected chi connectivity index (χ2v) is 5.01. The number of rotatable bonds is 3. The van der Waals surface area contributed by atoms with E-state index in [-0.39, 0.29) is 5.56 Å². The van der Waals surface area contributed by atoms with E-state index in [1.165, 1.54) is 25.6 Å². The van der Waals surface area contributed by atoms with Gasteiger partial charge in [0.1, 0.15) is 5.56 Å². The lowest BCUT2D eigenvalue weighted by Gasteiger charge is -2.22. The molecule has 5 nitrogen and oxygen atoms in total. The van der Waals surface area contributed by atoms with Gasteiger partial charge in [0, 0.05) is 31.0 Å². The fourth-order valence-corrected chi connectivity index (χ4v) is 3.14. The van der Waals surface area contributed by atoms with Crippen LogP contribution in [0.1, 0.15) is 29.6 Å². The number of nitrogens with one attached hydrogen (secondary N) is 1. The highest BCUT2D eigenvalue weighted by Gasteiger charge is 2.37. The average Bonchev–Trinajstić information content (AvgIpc) is 2.94. The number of carboxylic acid groups (broad SMARTS) is 1. The van der Waals surface area contributed by atoms with Gasteiger partial charge in [-0.1, -0.05) is 0 Å². The van der Waals surface area contributed by atoms with Gasteiger partial charge in [-0.05, 0) is 31.9 Å². The predicted octanol–water partition coefficient (Wildman–Crippen LogP) is 1.43. The van der Waals surface area contributed by atoms with Crippen LogP contribution in [-0.4, -0.2) is 46.1 Å². The zero-order valence-corrected chi connectivity index (χ0v) is 10.2. The first-order valence-electron chi connectivity index (χ1n) is 6.43. The molecule has 18 heavy (non-hydrogen) atoms. The van der Waals surface area contributed by atoms with Crippen LogP contribution in [0.3, 0.4) is 0 Å². The van der Waals surface area contributed by atoms with Gasteiger partial charge in [0.05, 0.1) is 5.69 Å². The highest BCUT2D eigenvalue weighted by Crippen LogP contribution is 2.30. The van der Waals surface area contributed by atoms with E-state index in [1.807, 2.05) is 0 Å². The molecule has 0 aromatic carbocycles. The van der Waals surface area contributed by atoms with E-state index < -0.39 is 5.97 Å². The Morgan fingerprint density at radius 2 is 2.33 bits per heavy atom. The smallest absolute Gasteiger partial charge is 0.339 e. The van der Waals surface area contributed by atoms with Crippen molar-refractivity contribution in [2.45, 2.75) is 31.3 Å². The van der Waals surface area contributed by atoms with Gasteiger partial charge in [-0.2, -0.15) is 0 Å². The number of carbonyl (C=O) groups is 1. The van der Waals surface area contributed by atoms with Crippen LogP contribution in [0.25, 0.3) is 0 Å². The number of fused-ring (bicyclic) bond motifs is 1. The number of aromatic carboxylic acids is 1. The summed E-state index contributed by atoms with van der Waals surface area (Å²) in [4.78, 5) is 17.5. The molecule has 2 fully saturated rings. The van der Waals surface area contributed by atoms with Crippen LogP contribution in [0.15, 0.2) is 18.5 Å². The molecular formula is C13H17N3O2. The molecule has 2 N–H and O–H groups in total. The van der Waals surface area contributed by atoms with Gasteiger partial charge < -0.3 is 10.4 Å². The number of anilines is 1. The summed E-state index contributed by atoms with van der Waals surface area (Å²) in [5.41, 5.74) is 0.949. The highest BCUT2D eigenvalue weighted by molar-refractivity contribution is 5.93. The Morgan fingerprint density at radius 1 is 1.44 bits per heavy atom. The summed E-state index contributed by atoms with van der Waals surface area (Å²) in [6.45, 7) is 2.31. The molecule has 2 atom stereocenters. The fraction of sp³-hybridized carbons (Fsp3) is 0.538. The summed E-state index contributed by atoms with van der Waals surface area (Å²) in [7, 11) is 0. The largest absolute Gasteiger partial charge is 0.478 e. The van der Waals surface area contributed by atoms with Crippen LogP contribution >= 0.6 is 0 Å². The molecule has 0 aliphatic carbocycles. The summed E-state index contributed by atoms with van der Waals surface area (Å²) in [6.07, 6.45) is 6.60. The minimum absolute atomic E-state index is 0.258. The lowest BCUT2D eigenvalue weighted by molar-refractivity contribution is 0.0697. The van der Waals surface area contributed by atoms with Crippen LogP contribution in [-0.2, 0) is 0 Å². The Hall–Kier alpha value is -1.62. The van der Waals surface area contributed by atoms with Gasteiger partial charge in [-0.15, -0.1) is 0 Å². The molecule has 2 aliphatic heterocycles. The summed E-state index contributed by atoms with van der Waals surface area (Å²) in [6, 6.07) is 2.69. The van der Waals surface area contributed by atoms with Crippen molar-refractivity contribution < 1.29 is 9.90 Å². The van der Waals surface area contributed by atoms with Gasteiger partial charge in [0.2, 0.25) is 0 Å². The maximum atomic E-state index is 11.1. The molecule has 2 saturated heterocycles. The van der Waals surface area contributed by atoms with Crippen molar-refractivity contribution in [1.29, 1.82) is 0 Å². The van der Waals surface area contributed by atoms with Crippen LogP contribution in [0.2, 0.25) is 0 Å². The molecule has 0 radical (unpaired) electrons. The third-order valence-electron chi connectivity index (χ3n) is 4.00. The quantitative estimate of drug-likeness (QED) is 0.846. The standard InChI is InChI=1S/C13H17N3O2/c17-13(18)9-8-14-5-3-10(9)15-11-4-7-16-6-1-2-12(11)16/h3,5,8,11-12H,1-2,4,6-7H2,(H,14,15)(H,17,18). The van der Waals surface area contributed by atoms with Gasteiger partial charge in [-0.3, -0.25) is 9.88 Å². The number of hydrogen-bond acceptors (Lipinski definition) is 4. The Balaban J connectivity index is 1.78. The zero-order chi connectivity index (χ0) is 12.5. The van der Waals surface area contributed by atoms with E-state index in [4.69, 9.17) is 5.11 Å². The SMILES string of the molecule is O=C(O)c1cnccc1NC1CCN2CCCC12. The van der Waals surface area contributed by atoms with Crippen molar-refractivity contribution in [2.24, 2.45) is 0 Å². The number of nitrogens with zero attached hydrogens (tertiary/aromatic N) is 2. The topological polar surface area (TPSA) is 65.5 Å². The Bertz CT molecular complexity index is 463. The Kier molecular flexibility index (Phi) is 2.91. The molecule has 96 valence electrons. The summed E-state index contributed by atoms with van der Waals surface area (Å²) in [5.74, 6) is -0.924. The lowest BCUT2D eigenvalue weighted by Crippen LogP contribution is -2.34. The summed E-state index contributed by atoms with van der Waals surface area (Å²) >= 11 is 0. The molecule has 3 heterocycles. The van der Waals surface area contributed by atoms with Crippen molar-refractivity contribution in [3.8, 4) is 0 Å². The summed E-state index contributed by atoms with van der Waals surface area (Å²) < 4.78 is 0. The number of hydrogen-bond donors (Lipinski definition) is 2. The molecule has 3 rings (SSSR count). The van der Waals surface area contributed by atoms with Gasteiger partial charge >= 0.3 is 5.97 Å². The van der Waals surface area contributed by atoms with Crippen molar-refractivity contribution in [1.82, 2.24) is 9.88 Å². The average molecular weight is 247 g/mol. The number of carboxylic acids is 1. The van der Waals surface area contributed by atoms with Crippen molar-refractivity contribution >= 4 is 11.7 Å². The monoisotopic (exact) mass is 247 g/mol. The van der Waals surface area contributed by atoms with Crippen molar-refractivity contribution in [2.75, 3.05) is 18.4 Å². The molecule has 0 bridgehead atoms. The van der Waals surface area contributed by atoms with Gasteiger partial charge in [-0.25, -0.2) is 4.79 Å². The second-order valence-electron chi connectivity index (χ2n) is 5.01. The Labute approximate surface area is 106 Å². The van der Waals surface area contributed by atoms with Gasteiger partial charge in [0.15, 0.2) is 0 Å². The normalized spacial score (nSPS) is 27.1. The minimum atomic E-state index is -0.924. The molecule has 2 aliphatic rings. The van der Waals surface area contributed by atoms with Gasteiger partial charge in [0.25, 0.3) is 0 Å². The first-order chi connectivity index (χ1) is 8.75. The summed E-state index contributed by atoms with van der Waals surface area (Å²) in [5, 5.41) is 12.5. The van der Waals surface area contributed by atoms with E-state index in [2.05, 4.69) is 15.2 Å². The van der Waals surface area contributed by atoms with Crippen molar-refractivity contribution in [3.05, 3.63) is 24.0 Å². The van der Waals surface area contributed by atoms with E-state index in [0.29, 0.717) is 17.8 Å². The number of pyridine rings is 1. The lowest BCUT2D eigenvalue weighted by atomic mass is 10.1. The number of aromatic nitrogens is 1. The predicted molar refractivity (Wildman–Crippen MR) is 67.8 cm³/mol. The molecule has 2 unspecified atom stereocenters. The third-order valence-corrected chi connectivity index (χ3v) is 4.00. The maximum Gasteiger partial charge on any atom is 0.339 e. The first kappa shape index (κ1) is 11.5. The Morgan fingerprint density at radius 3 is 3.17 bits per heavy atom. The molecule has 1 aromatic heterocycles. The maximum absolute atomic E-state index is 11.1. The molecule has 1 aromatic rings. The van der Waals surface area contributed by atoms with E-state index in [0.717, 1.165) is 13.0 Å². The van der Waals surface area contributed by atoms with E-state index in [9.17, 15) is 4.79 Å². The van der Waals surface area contributed by atoms with E-state index in [1.54, 1.807) is 12.3 Å². The highest BCUT2D eigenvalue weighted by atomic mass is 16.4. The fourth-order valence-electron chi connectivity index (χ4n) is 3.14. The van der Waals surface area contributed by atoms with E-state index >= 15 is 0 Å². The van der Waals surface area contributed by atoms with Crippen LogP contribution < -0.4 is 5.32 Å². The first-order valence-corrected chi connectivity index (χ1v) is 6.43. The molecule has 0 amide bonds. The van der Waals surface area contributed by atoms with Crippen molar-refractivity contribution in [3.63, 3.8) is 0 Å². The second kappa shape index (κ2) is 4.57. The third kappa shape index (κ3) is 1.95. The molecule has 0 spiro atoms. The van der Waals surface area contributed by atoms with Crippen LogP contribution in [0.4, 0.5) is 5.69 Å². The molecular weight excluding hydrogens is 230 g/mol. The van der Waals surface area contributed by atoms with Crippen LogP contribution in [0, 0.1) is 0 Å². The molecule has 5 heteroatoms. The molecule has 0 saturated carbocycles.